The SMILES string of the molecule is CC(=O)NC12C[C@@H]3C[C@@H](C1)CC(C(=O)OCC(=O)N(CCc1ccccc1)CCc1ccccc1)(C3)C2. The second-order valence-corrected chi connectivity index (χ2v) is 11.6. The van der Waals surface area contributed by atoms with Crippen molar-refractivity contribution in [2.45, 2.75) is 63.8 Å². The molecule has 6 rings (SSSR count). The molecular formula is C31H38N2O4. The van der Waals surface area contributed by atoms with E-state index in [-0.39, 0.29) is 29.9 Å². The average molecular weight is 503 g/mol. The topological polar surface area (TPSA) is 75.7 Å². The molecule has 196 valence electrons. The molecule has 0 spiro atoms. The Morgan fingerprint density at radius 3 is 1.92 bits per heavy atom. The van der Waals surface area contributed by atoms with Gasteiger partial charge in [-0.2, -0.15) is 0 Å². The van der Waals surface area contributed by atoms with Crippen molar-refractivity contribution in [3.05, 3.63) is 71.8 Å². The van der Waals surface area contributed by atoms with Crippen LogP contribution in [0, 0.1) is 17.3 Å². The summed E-state index contributed by atoms with van der Waals surface area (Å²) in [4.78, 5) is 40.6. The minimum atomic E-state index is -0.578. The molecule has 4 saturated carbocycles. The van der Waals surface area contributed by atoms with Crippen LogP contribution >= 0.6 is 0 Å². The summed E-state index contributed by atoms with van der Waals surface area (Å²) in [7, 11) is 0. The first-order valence-electron chi connectivity index (χ1n) is 13.7. The fraction of sp³-hybridized carbons (Fsp3) is 0.516. The number of rotatable bonds is 10. The van der Waals surface area contributed by atoms with Crippen molar-refractivity contribution in [2.75, 3.05) is 19.7 Å². The lowest BCUT2D eigenvalue weighted by molar-refractivity contribution is -0.178. The summed E-state index contributed by atoms with van der Waals surface area (Å²) in [6, 6.07) is 20.3. The van der Waals surface area contributed by atoms with Gasteiger partial charge in [-0.1, -0.05) is 60.7 Å². The van der Waals surface area contributed by atoms with Gasteiger partial charge < -0.3 is 15.0 Å². The highest BCUT2D eigenvalue weighted by molar-refractivity contribution is 5.83. The molecule has 0 unspecified atom stereocenters. The number of esters is 1. The van der Waals surface area contributed by atoms with Crippen molar-refractivity contribution in [1.82, 2.24) is 10.2 Å². The second-order valence-electron chi connectivity index (χ2n) is 11.6. The number of hydrogen-bond donors (Lipinski definition) is 1. The van der Waals surface area contributed by atoms with Crippen LogP contribution in [0.15, 0.2) is 60.7 Å². The standard InChI is InChI=1S/C31H38N2O4/c1-23(34)32-31-19-26-16-27(20-31)18-30(17-26,22-31)29(36)37-21-28(35)33(14-12-24-8-4-2-5-9-24)15-13-25-10-6-3-7-11-25/h2-11,26-27H,12-22H2,1H3,(H,32,34)/t26-,27-,30?,31?/m1/s1. The maximum Gasteiger partial charge on any atom is 0.312 e. The molecule has 2 aromatic carbocycles. The summed E-state index contributed by atoms with van der Waals surface area (Å²) in [5, 5.41) is 3.19. The van der Waals surface area contributed by atoms with Gasteiger partial charge in [0, 0.05) is 25.6 Å². The fourth-order valence-electron chi connectivity index (χ4n) is 7.57. The Labute approximate surface area is 219 Å². The largest absolute Gasteiger partial charge is 0.455 e. The summed E-state index contributed by atoms with van der Waals surface area (Å²) < 4.78 is 5.78. The van der Waals surface area contributed by atoms with E-state index in [1.807, 2.05) is 41.3 Å². The van der Waals surface area contributed by atoms with Crippen LogP contribution in [0.5, 0.6) is 0 Å². The monoisotopic (exact) mass is 502 g/mol. The van der Waals surface area contributed by atoms with Gasteiger partial charge in [0.2, 0.25) is 5.91 Å². The molecule has 37 heavy (non-hydrogen) atoms. The van der Waals surface area contributed by atoms with Gasteiger partial charge in [0.05, 0.1) is 5.41 Å². The van der Waals surface area contributed by atoms with E-state index in [0.29, 0.717) is 31.3 Å². The van der Waals surface area contributed by atoms with E-state index in [1.54, 1.807) is 6.92 Å². The molecule has 6 nitrogen and oxygen atoms in total. The van der Waals surface area contributed by atoms with Crippen molar-refractivity contribution in [1.29, 1.82) is 0 Å². The fourth-order valence-corrected chi connectivity index (χ4v) is 7.57. The minimum absolute atomic E-state index is 0.0341. The van der Waals surface area contributed by atoms with E-state index in [0.717, 1.165) is 44.9 Å². The van der Waals surface area contributed by atoms with Crippen molar-refractivity contribution >= 4 is 17.8 Å². The predicted octanol–water partition coefficient (Wildman–Crippen LogP) is 4.32. The molecule has 0 aromatic heterocycles. The van der Waals surface area contributed by atoms with Crippen LogP contribution in [0.2, 0.25) is 0 Å². The third kappa shape index (κ3) is 5.89. The summed E-state index contributed by atoms with van der Waals surface area (Å²) in [5.41, 5.74) is 1.48. The molecule has 2 atom stereocenters. The molecule has 0 radical (unpaired) electrons. The first-order valence-corrected chi connectivity index (χ1v) is 13.7. The van der Waals surface area contributed by atoms with E-state index in [1.165, 1.54) is 11.1 Å². The lowest BCUT2D eigenvalue weighted by atomic mass is 9.47. The number of hydrogen-bond acceptors (Lipinski definition) is 4. The molecule has 4 aliphatic rings. The van der Waals surface area contributed by atoms with Gasteiger partial charge >= 0.3 is 5.97 Å². The summed E-state index contributed by atoms with van der Waals surface area (Å²) in [5.74, 6) is 0.430. The summed E-state index contributed by atoms with van der Waals surface area (Å²) in [6.07, 6.45) is 6.78. The van der Waals surface area contributed by atoms with Crippen molar-refractivity contribution < 1.29 is 19.1 Å². The second kappa shape index (κ2) is 10.7. The third-order valence-electron chi connectivity index (χ3n) is 8.64. The maximum absolute atomic E-state index is 13.5. The van der Waals surface area contributed by atoms with Gasteiger partial charge in [0.15, 0.2) is 6.61 Å². The van der Waals surface area contributed by atoms with Crippen LogP contribution < -0.4 is 5.32 Å². The molecule has 4 aliphatic carbocycles. The number of carbonyl (C=O) groups is 3. The Kier molecular flexibility index (Phi) is 7.36. The van der Waals surface area contributed by atoms with Gasteiger partial charge in [-0.25, -0.2) is 0 Å². The van der Waals surface area contributed by atoms with E-state index in [4.69, 9.17) is 4.74 Å². The smallest absolute Gasteiger partial charge is 0.312 e. The van der Waals surface area contributed by atoms with Gasteiger partial charge in [0.1, 0.15) is 0 Å². The highest BCUT2D eigenvalue weighted by Crippen LogP contribution is 2.62. The number of nitrogens with zero attached hydrogens (tertiary/aromatic N) is 1. The molecule has 1 N–H and O–H groups in total. The van der Waals surface area contributed by atoms with Crippen molar-refractivity contribution in [2.24, 2.45) is 17.3 Å². The van der Waals surface area contributed by atoms with Crippen LogP contribution in [-0.2, 0) is 32.0 Å². The zero-order chi connectivity index (χ0) is 25.9. The van der Waals surface area contributed by atoms with Crippen LogP contribution in [-0.4, -0.2) is 47.9 Å². The van der Waals surface area contributed by atoms with Crippen LogP contribution in [0.25, 0.3) is 0 Å². The van der Waals surface area contributed by atoms with Gasteiger partial charge in [-0.05, 0) is 74.3 Å². The first-order chi connectivity index (χ1) is 17.8. The normalized spacial score (nSPS) is 27.5. The molecule has 4 bridgehead atoms. The highest BCUT2D eigenvalue weighted by Gasteiger charge is 2.61. The zero-order valence-corrected chi connectivity index (χ0v) is 21.8. The van der Waals surface area contributed by atoms with Crippen LogP contribution in [0.4, 0.5) is 0 Å². The maximum atomic E-state index is 13.5. The number of nitrogens with one attached hydrogen (secondary N) is 1. The Hall–Kier alpha value is -3.15. The Morgan fingerprint density at radius 2 is 1.41 bits per heavy atom. The number of carbonyl (C=O) groups excluding carboxylic acids is 3. The lowest BCUT2D eigenvalue weighted by Gasteiger charge is -2.60. The molecule has 0 heterocycles. The molecular weight excluding hydrogens is 464 g/mol. The summed E-state index contributed by atoms with van der Waals surface area (Å²) >= 11 is 0. The van der Waals surface area contributed by atoms with Crippen molar-refractivity contribution in [3.8, 4) is 0 Å². The molecule has 2 aromatic rings. The Bertz CT molecular complexity index is 1060. The lowest BCUT2D eigenvalue weighted by Crippen LogP contribution is -2.64. The van der Waals surface area contributed by atoms with Gasteiger partial charge in [-0.3, -0.25) is 14.4 Å². The summed E-state index contributed by atoms with van der Waals surface area (Å²) in [6.45, 7) is 2.48. The van der Waals surface area contributed by atoms with Gasteiger partial charge in [-0.15, -0.1) is 0 Å². The first kappa shape index (κ1) is 25.5. The van der Waals surface area contributed by atoms with Gasteiger partial charge in [0.25, 0.3) is 5.91 Å². The van der Waals surface area contributed by atoms with E-state index in [2.05, 4.69) is 29.6 Å². The third-order valence-corrected chi connectivity index (χ3v) is 8.64. The van der Waals surface area contributed by atoms with E-state index in [9.17, 15) is 14.4 Å². The minimum Gasteiger partial charge on any atom is -0.455 e. The average Bonchev–Trinajstić information content (AvgIpc) is 2.86. The quantitative estimate of drug-likeness (QED) is 0.491. The Morgan fingerprint density at radius 1 is 0.865 bits per heavy atom. The molecule has 2 amide bonds. The number of ether oxygens (including phenoxy) is 1. The Balaban J connectivity index is 1.23. The van der Waals surface area contributed by atoms with Crippen LogP contribution in [0.3, 0.4) is 0 Å². The van der Waals surface area contributed by atoms with Crippen LogP contribution in [0.1, 0.15) is 56.6 Å². The number of amides is 2. The van der Waals surface area contributed by atoms with E-state index >= 15 is 0 Å². The molecule has 0 aliphatic heterocycles. The predicted molar refractivity (Wildman–Crippen MR) is 141 cm³/mol. The number of benzene rings is 2. The molecule has 6 heteroatoms. The van der Waals surface area contributed by atoms with E-state index < -0.39 is 5.41 Å². The molecule has 0 saturated heterocycles. The van der Waals surface area contributed by atoms with Crippen molar-refractivity contribution in [3.63, 3.8) is 0 Å². The zero-order valence-electron chi connectivity index (χ0n) is 21.8. The molecule has 4 fully saturated rings. The highest BCUT2D eigenvalue weighted by atomic mass is 16.5.